The molecule has 0 amide bonds. The standard InChI is InChI=1S/C13H20N2O3.ClH/c1-16-11-5-4-9(10-8-14-6-7-15-10)12(17-2)13(11)18-3;/h4-5,10,14-15H,6-8H2,1-3H3;1H/t10-;/m1./s1. The minimum atomic E-state index is 0. The van der Waals surface area contributed by atoms with Gasteiger partial charge in [0, 0.05) is 31.2 Å². The Morgan fingerprint density at radius 1 is 1.00 bits per heavy atom. The maximum Gasteiger partial charge on any atom is 0.203 e. The molecule has 6 heteroatoms. The molecule has 2 rings (SSSR count). The molecule has 5 nitrogen and oxygen atoms in total. The minimum absolute atomic E-state index is 0. The number of methoxy groups -OCH3 is 3. The fraction of sp³-hybridized carbons (Fsp3) is 0.538. The first-order chi connectivity index (χ1) is 8.81. The number of ether oxygens (including phenoxy) is 3. The van der Waals surface area contributed by atoms with Crippen LogP contribution in [0.2, 0.25) is 0 Å². The van der Waals surface area contributed by atoms with Crippen molar-refractivity contribution in [1.82, 2.24) is 10.6 Å². The summed E-state index contributed by atoms with van der Waals surface area (Å²) in [6.45, 7) is 2.82. The van der Waals surface area contributed by atoms with Crippen LogP contribution < -0.4 is 24.8 Å². The zero-order valence-corrected chi connectivity index (χ0v) is 12.3. The number of nitrogens with one attached hydrogen (secondary N) is 2. The predicted octanol–water partition coefficient (Wildman–Crippen LogP) is 1.37. The fourth-order valence-corrected chi connectivity index (χ4v) is 2.27. The lowest BCUT2D eigenvalue weighted by atomic mass is 10.0. The second-order valence-corrected chi connectivity index (χ2v) is 4.13. The van der Waals surface area contributed by atoms with E-state index in [1.54, 1.807) is 21.3 Å². The third kappa shape index (κ3) is 3.23. The van der Waals surface area contributed by atoms with E-state index in [4.69, 9.17) is 14.2 Å². The van der Waals surface area contributed by atoms with Gasteiger partial charge in [-0.25, -0.2) is 0 Å². The molecule has 1 aromatic carbocycles. The van der Waals surface area contributed by atoms with Gasteiger partial charge < -0.3 is 24.8 Å². The lowest BCUT2D eigenvalue weighted by Gasteiger charge is -2.27. The van der Waals surface area contributed by atoms with Crippen LogP contribution >= 0.6 is 12.4 Å². The average molecular weight is 289 g/mol. The Labute approximate surface area is 120 Å². The predicted molar refractivity (Wildman–Crippen MR) is 77.0 cm³/mol. The zero-order chi connectivity index (χ0) is 13.0. The summed E-state index contributed by atoms with van der Waals surface area (Å²) in [6.07, 6.45) is 0. The van der Waals surface area contributed by atoms with Crippen molar-refractivity contribution in [3.05, 3.63) is 17.7 Å². The Balaban J connectivity index is 0.00000180. The summed E-state index contributed by atoms with van der Waals surface area (Å²) in [6, 6.07) is 4.16. The van der Waals surface area contributed by atoms with Crippen molar-refractivity contribution in [1.29, 1.82) is 0 Å². The van der Waals surface area contributed by atoms with Crippen LogP contribution in [0.5, 0.6) is 17.2 Å². The topological polar surface area (TPSA) is 51.8 Å². The van der Waals surface area contributed by atoms with E-state index in [1.807, 2.05) is 12.1 Å². The van der Waals surface area contributed by atoms with Gasteiger partial charge in [-0.15, -0.1) is 12.4 Å². The molecule has 0 unspecified atom stereocenters. The fourth-order valence-electron chi connectivity index (χ4n) is 2.27. The van der Waals surface area contributed by atoms with Crippen molar-refractivity contribution >= 4 is 12.4 Å². The Morgan fingerprint density at radius 3 is 2.26 bits per heavy atom. The van der Waals surface area contributed by atoms with Gasteiger partial charge in [0.1, 0.15) is 0 Å². The molecule has 1 aromatic rings. The highest BCUT2D eigenvalue weighted by Crippen LogP contribution is 2.42. The van der Waals surface area contributed by atoms with Crippen LogP contribution in [0.4, 0.5) is 0 Å². The number of halogens is 1. The first kappa shape index (κ1) is 15.9. The van der Waals surface area contributed by atoms with Gasteiger partial charge in [-0.2, -0.15) is 0 Å². The van der Waals surface area contributed by atoms with Crippen LogP contribution in [-0.2, 0) is 0 Å². The Kier molecular flexibility index (Phi) is 6.21. The van der Waals surface area contributed by atoms with Crippen molar-refractivity contribution in [2.24, 2.45) is 0 Å². The van der Waals surface area contributed by atoms with Crippen LogP contribution in [0.25, 0.3) is 0 Å². The van der Waals surface area contributed by atoms with E-state index in [0.29, 0.717) is 11.5 Å². The first-order valence-electron chi connectivity index (χ1n) is 6.04. The monoisotopic (exact) mass is 288 g/mol. The maximum atomic E-state index is 5.49. The summed E-state index contributed by atoms with van der Waals surface area (Å²) in [5.41, 5.74) is 1.09. The zero-order valence-electron chi connectivity index (χ0n) is 11.5. The summed E-state index contributed by atoms with van der Waals surface area (Å²) < 4.78 is 16.2. The smallest absolute Gasteiger partial charge is 0.203 e. The van der Waals surface area contributed by atoms with Crippen molar-refractivity contribution < 1.29 is 14.2 Å². The van der Waals surface area contributed by atoms with Gasteiger partial charge in [-0.1, -0.05) is 0 Å². The van der Waals surface area contributed by atoms with E-state index in [1.165, 1.54) is 0 Å². The van der Waals surface area contributed by atoms with E-state index in [-0.39, 0.29) is 18.4 Å². The summed E-state index contributed by atoms with van der Waals surface area (Å²) in [7, 11) is 4.89. The highest BCUT2D eigenvalue weighted by Gasteiger charge is 2.23. The van der Waals surface area contributed by atoms with Crippen LogP contribution in [0.15, 0.2) is 12.1 Å². The van der Waals surface area contributed by atoms with Crippen LogP contribution in [0.3, 0.4) is 0 Å². The quantitative estimate of drug-likeness (QED) is 0.876. The average Bonchev–Trinajstić information content (AvgIpc) is 2.46. The molecule has 1 fully saturated rings. The van der Waals surface area contributed by atoms with Gasteiger partial charge in [-0.05, 0) is 12.1 Å². The molecular formula is C13H21ClN2O3. The molecular weight excluding hydrogens is 268 g/mol. The van der Waals surface area contributed by atoms with Gasteiger partial charge in [0.25, 0.3) is 0 Å². The Bertz CT molecular complexity index is 409. The number of benzene rings is 1. The summed E-state index contributed by atoms with van der Waals surface area (Å²) >= 11 is 0. The summed E-state index contributed by atoms with van der Waals surface area (Å²) in [5, 5.41) is 6.82. The molecule has 0 aliphatic carbocycles. The molecule has 1 aliphatic heterocycles. The van der Waals surface area contributed by atoms with Gasteiger partial charge >= 0.3 is 0 Å². The van der Waals surface area contributed by atoms with Crippen molar-refractivity contribution in [3.8, 4) is 17.2 Å². The molecule has 0 radical (unpaired) electrons. The van der Waals surface area contributed by atoms with Crippen molar-refractivity contribution in [3.63, 3.8) is 0 Å². The van der Waals surface area contributed by atoms with E-state index in [0.717, 1.165) is 30.9 Å². The van der Waals surface area contributed by atoms with Crippen LogP contribution in [0, 0.1) is 0 Å². The SMILES string of the molecule is COc1ccc([C@H]2CNCCN2)c(OC)c1OC.Cl. The molecule has 1 aliphatic rings. The van der Waals surface area contributed by atoms with Crippen molar-refractivity contribution in [2.75, 3.05) is 41.0 Å². The Hall–Kier alpha value is -1.17. The lowest BCUT2D eigenvalue weighted by Crippen LogP contribution is -2.42. The van der Waals surface area contributed by atoms with Gasteiger partial charge in [0.15, 0.2) is 11.5 Å². The number of hydrogen-bond acceptors (Lipinski definition) is 5. The number of rotatable bonds is 4. The van der Waals surface area contributed by atoms with Crippen molar-refractivity contribution in [2.45, 2.75) is 6.04 Å². The van der Waals surface area contributed by atoms with Crippen LogP contribution in [0.1, 0.15) is 11.6 Å². The Morgan fingerprint density at radius 2 is 1.74 bits per heavy atom. The maximum absolute atomic E-state index is 5.49. The van der Waals surface area contributed by atoms with Gasteiger partial charge in [0.05, 0.1) is 21.3 Å². The summed E-state index contributed by atoms with van der Waals surface area (Å²) in [4.78, 5) is 0. The van der Waals surface area contributed by atoms with E-state index in [9.17, 15) is 0 Å². The third-order valence-corrected chi connectivity index (χ3v) is 3.15. The minimum Gasteiger partial charge on any atom is -0.493 e. The lowest BCUT2D eigenvalue weighted by molar-refractivity contribution is 0.316. The van der Waals surface area contributed by atoms with E-state index in [2.05, 4.69) is 10.6 Å². The van der Waals surface area contributed by atoms with Gasteiger partial charge in [-0.3, -0.25) is 0 Å². The molecule has 19 heavy (non-hydrogen) atoms. The molecule has 0 bridgehead atoms. The molecule has 1 heterocycles. The number of hydrogen-bond donors (Lipinski definition) is 2. The molecule has 2 N–H and O–H groups in total. The second kappa shape index (κ2) is 7.43. The van der Waals surface area contributed by atoms with E-state index >= 15 is 0 Å². The molecule has 0 aromatic heterocycles. The molecule has 1 atom stereocenters. The summed E-state index contributed by atoms with van der Waals surface area (Å²) in [5.74, 6) is 2.06. The highest BCUT2D eigenvalue weighted by atomic mass is 35.5. The van der Waals surface area contributed by atoms with Gasteiger partial charge in [0.2, 0.25) is 5.75 Å². The van der Waals surface area contributed by atoms with E-state index < -0.39 is 0 Å². The molecule has 1 saturated heterocycles. The third-order valence-electron chi connectivity index (χ3n) is 3.15. The largest absolute Gasteiger partial charge is 0.493 e. The normalized spacial score (nSPS) is 18.4. The van der Waals surface area contributed by atoms with Crippen LogP contribution in [-0.4, -0.2) is 41.0 Å². The first-order valence-corrected chi connectivity index (χ1v) is 6.04. The molecule has 0 saturated carbocycles. The molecule has 0 spiro atoms. The second-order valence-electron chi connectivity index (χ2n) is 4.13. The molecule has 108 valence electrons. The highest BCUT2D eigenvalue weighted by molar-refractivity contribution is 5.85. The number of piperazine rings is 1.